The van der Waals surface area contributed by atoms with Crippen LogP contribution in [0.1, 0.15) is 0 Å². The molecule has 0 fully saturated rings. The number of hydrogen-bond acceptors (Lipinski definition) is 2. The summed E-state index contributed by atoms with van der Waals surface area (Å²) >= 11 is 0. The van der Waals surface area contributed by atoms with Gasteiger partial charge in [-0.05, 0) is 0 Å². The van der Waals surface area contributed by atoms with E-state index in [1.807, 2.05) is 0 Å². The van der Waals surface area contributed by atoms with E-state index in [1.54, 1.807) is 0 Å². The lowest BCUT2D eigenvalue weighted by atomic mass is 10.3. The van der Waals surface area contributed by atoms with Gasteiger partial charge in [0.05, 0.1) is 23.1 Å². The third-order valence-electron chi connectivity index (χ3n) is 2.52. The number of nitrogen functional groups attached to an aromatic ring is 1. The van der Waals surface area contributed by atoms with E-state index in [1.165, 1.54) is 17.8 Å². The van der Waals surface area contributed by atoms with E-state index in [-0.39, 0.29) is 16.6 Å². The highest BCUT2D eigenvalue weighted by Crippen LogP contribution is 2.21. The van der Waals surface area contributed by atoms with Crippen molar-refractivity contribution < 1.29 is 13.2 Å². The molecular formula is C10H10F3N3O. The second-order valence-corrected chi connectivity index (χ2v) is 3.74. The van der Waals surface area contributed by atoms with Crippen molar-refractivity contribution in [2.24, 2.45) is 7.05 Å². The van der Waals surface area contributed by atoms with Gasteiger partial charge in [-0.2, -0.15) is 0 Å². The zero-order valence-corrected chi connectivity index (χ0v) is 8.95. The molecule has 0 radical (unpaired) electrons. The molecule has 0 aliphatic heterocycles. The van der Waals surface area contributed by atoms with Gasteiger partial charge in [0, 0.05) is 19.4 Å². The molecule has 0 bridgehead atoms. The van der Waals surface area contributed by atoms with Gasteiger partial charge < -0.3 is 14.9 Å². The molecule has 2 rings (SSSR count). The second kappa shape index (κ2) is 3.83. The van der Waals surface area contributed by atoms with Crippen LogP contribution < -0.4 is 11.3 Å². The Kier molecular flexibility index (Phi) is 2.60. The van der Waals surface area contributed by atoms with Gasteiger partial charge in [-0.25, -0.2) is 13.2 Å². The van der Waals surface area contributed by atoms with Gasteiger partial charge in [-0.1, -0.05) is 0 Å². The van der Waals surface area contributed by atoms with Crippen molar-refractivity contribution in [2.45, 2.75) is 13.0 Å². The summed E-state index contributed by atoms with van der Waals surface area (Å²) < 4.78 is 40.1. The van der Waals surface area contributed by atoms with Gasteiger partial charge in [0.25, 0.3) is 12.0 Å². The minimum Gasteiger partial charge on any atom is -0.397 e. The number of pyridine rings is 1. The van der Waals surface area contributed by atoms with Crippen LogP contribution in [0.2, 0.25) is 0 Å². The molecule has 2 N–H and O–H groups in total. The Bertz CT molecular complexity index is 630. The summed E-state index contributed by atoms with van der Waals surface area (Å²) in [6, 6.07) is 0. The van der Waals surface area contributed by atoms with Crippen molar-refractivity contribution in [1.29, 1.82) is 0 Å². The van der Waals surface area contributed by atoms with Crippen molar-refractivity contribution in [2.75, 3.05) is 5.73 Å². The third-order valence-corrected chi connectivity index (χ3v) is 2.52. The van der Waals surface area contributed by atoms with Gasteiger partial charge in [0.1, 0.15) is 0 Å². The molecule has 7 heteroatoms. The lowest BCUT2D eigenvalue weighted by molar-refractivity contribution is 0.125. The first-order chi connectivity index (χ1) is 7.91. The maximum absolute atomic E-state index is 13.7. The van der Waals surface area contributed by atoms with Crippen LogP contribution >= 0.6 is 0 Å². The zero-order chi connectivity index (χ0) is 12.7. The minimum absolute atomic E-state index is 0.0259. The fourth-order valence-electron chi connectivity index (χ4n) is 1.85. The van der Waals surface area contributed by atoms with Crippen molar-refractivity contribution in [3.05, 3.63) is 28.6 Å². The van der Waals surface area contributed by atoms with Crippen LogP contribution in [0.4, 0.5) is 18.9 Å². The number of rotatable bonds is 2. The molecule has 0 saturated heterocycles. The molecule has 2 heterocycles. The van der Waals surface area contributed by atoms with Crippen LogP contribution in [0.15, 0.2) is 17.2 Å². The van der Waals surface area contributed by atoms with E-state index in [9.17, 15) is 18.0 Å². The third kappa shape index (κ3) is 1.77. The number of nitrogens with zero attached hydrogens (tertiary/aromatic N) is 2. The van der Waals surface area contributed by atoms with Crippen LogP contribution in [0, 0.1) is 5.82 Å². The van der Waals surface area contributed by atoms with E-state index in [4.69, 9.17) is 5.73 Å². The van der Waals surface area contributed by atoms with Gasteiger partial charge in [0.2, 0.25) is 0 Å². The molecule has 0 aliphatic rings. The first-order valence-electron chi connectivity index (χ1n) is 4.83. The summed E-state index contributed by atoms with van der Waals surface area (Å²) in [5.41, 5.74) is 4.95. The van der Waals surface area contributed by atoms with E-state index in [0.717, 1.165) is 6.20 Å². The average molecular weight is 245 g/mol. The fraction of sp³-hybridized carbons (Fsp3) is 0.300. The quantitative estimate of drug-likeness (QED) is 0.867. The Morgan fingerprint density at radius 1 is 1.41 bits per heavy atom. The first kappa shape index (κ1) is 11.6. The fourth-order valence-corrected chi connectivity index (χ4v) is 1.85. The van der Waals surface area contributed by atoms with E-state index < -0.39 is 24.3 Å². The van der Waals surface area contributed by atoms with Gasteiger partial charge >= 0.3 is 0 Å². The smallest absolute Gasteiger partial charge is 0.262 e. The number of aromatic nitrogens is 2. The predicted octanol–water partition coefficient (Wildman–Crippen LogP) is 1.33. The Hall–Kier alpha value is -1.92. The van der Waals surface area contributed by atoms with Crippen molar-refractivity contribution >= 4 is 16.6 Å². The molecule has 0 atom stereocenters. The SMILES string of the molecule is Cn1cc(N)c2c(=O)n(CC(F)F)cc(F)c21. The van der Waals surface area contributed by atoms with Crippen LogP contribution in [-0.4, -0.2) is 15.6 Å². The average Bonchev–Trinajstić information content (AvgIpc) is 2.49. The monoisotopic (exact) mass is 245 g/mol. The number of anilines is 1. The summed E-state index contributed by atoms with van der Waals surface area (Å²) in [6.07, 6.45) is -0.576. The van der Waals surface area contributed by atoms with Gasteiger partial charge in [-0.15, -0.1) is 0 Å². The number of aryl methyl sites for hydroxylation is 1. The molecule has 0 aliphatic carbocycles. The number of hydrogen-bond donors (Lipinski definition) is 1. The van der Waals surface area contributed by atoms with Crippen LogP contribution in [0.25, 0.3) is 10.9 Å². The second-order valence-electron chi connectivity index (χ2n) is 3.74. The molecule has 4 nitrogen and oxygen atoms in total. The Morgan fingerprint density at radius 2 is 2.06 bits per heavy atom. The zero-order valence-electron chi connectivity index (χ0n) is 8.95. The van der Waals surface area contributed by atoms with Crippen molar-refractivity contribution in [3.63, 3.8) is 0 Å². The molecule has 0 unspecified atom stereocenters. The Balaban J connectivity index is 2.80. The highest BCUT2D eigenvalue weighted by molar-refractivity contribution is 5.91. The number of nitrogens with two attached hydrogens (primary N) is 1. The largest absolute Gasteiger partial charge is 0.397 e. The highest BCUT2D eigenvalue weighted by atomic mass is 19.3. The summed E-state index contributed by atoms with van der Waals surface area (Å²) in [5.74, 6) is -0.751. The van der Waals surface area contributed by atoms with E-state index in [2.05, 4.69) is 0 Å². The topological polar surface area (TPSA) is 52.9 Å². The molecule has 0 saturated carbocycles. The molecule has 0 spiro atoms. The summed E-state index contributed by atoms with van der Waals surface area (Å²) in [7, 11) is 1.53. The van der Waals surface area contributed by atoms with E-state index >= 15 is 0 Å². The molecule has 2 aromatic heterocycles. The molecule has 2 aromatic rings. The normalized spacial score (nSPS) is 11.6. The lowest BCUT2D eigenvalue weighted by Crippen LogP contribution is -2.24. The molecular weight excluding hydrogens is 235 g/mol. The highest BCUT2D eigenvalue weighted by Gasteiger charge is 2.16. The molecule has 0 aromatic carbocycles. The van der Waals surface area contributed by atoms with Crippen LogP contribution in [0.5, 0.6) is 0 Å². The first-order valence-corrected chi connectivity index (χ1v) is 4.83. The van der Waals surface area contributed by atoms with Gasteiger partial charge in [0.15, 0.2) is 5.82 Å². The lowest BCUT2D eigenvalue weighted by Gasteiger charge is -2.06. The maximum Gasteiger partial charge on any atom is 0.262 e. The standard InChI is InChI=1S/C10H10F3N3O/c1-15-3-6(14)8-9(15)5(11)2-16(10(8)17)4-7(12)13/h2-3,7H,4,14H2,1H3. The Labute approximate surface area is 94.1 Å². The predicted molar refractivity (Wildman–Crippen MR) is 57.6 cm³/mol. The summed E-state index contributed by atoms with van der Waals surface area (Å²) in [4.78, 5) is 11.8. The summed E-state index contributed by atoms with van der Waals surface area (Å²) in [6.45, 7) is -0.847. The minimum atomic E-state index is -2.73. The van der Waals surface area contributed by atoms with Crippen molar-refractivity contribution in [1.82, 2.24) is 9.13 Å². The maximum atomic E-state index is 13.7. The Morgan fingerprint density at radius 3 is 2.65 bits per heavy atom. The number of fused-ring (bicyclic) bond motifs is 1. The molecule has 92 valence electrons. The molecule has 17 heavy (non-hydrogen) atoms. The van der Waals surface area contributed by atoms with Crippen LogP contribution in [0.3, 0.4) is 0 Å². The van der Waals surface area contributed by atoms with E-state index in [0.29, 0.717) is 4.57 Å². The molecule has 0 amide bonds. The van der Waals surface area contributed by atoms with Crippen LogP contribution in [-0.2, 0) is 13.6 Å². The summed E-state index contributed by atoms with van der Waals surface area (Å²) in [5, 5.41) is -0.0619. The number of halogens is 3. The number of alkyl halides is 2. The van der Waals surface area contributed by atoms with Crippen molar-refractivity contribution in [3.8, 4) is 0 Å². The van der Waals surface area contributed by atoms with Gasteiger partial charge in [-0.3, -0.25) is 4.79 Å².